The Morgan fingerprint density at radius 2 is 2.00 bits per heavy atom. The zero-order valence-electron chi connectivity index (χ0n) is 13.9. The predicted octanol–water partition coefficient (Wildman–Crippen LogP) is 2.85. The summed E-state index contributed by atoms with van der Waals surface area (Å²) < 4.78 is 11.8. The molecule has 2 heterocycles. The van der Waals surface area contributed by atoms with E-state index in [9.17, 15) is 4.79 Å². The lowest BCUT2D eigenvalue weighted by Gasteiger charge is -2.07. The van der Waals surface area contributed by atoms with Crippen molar-refractivity contribution in [1.82, 2.24) is 19.8 Å². The van der Waals surface area contributed by atoms with E-state index in [0.717, 1.165) is 11.1 Å². The van der Waals surface area contributed by atoms with E-state index in [2.05, 4.69) is 15.3 Å². The smallest absolute Gasteiger partial charge is 0.360 e. The first-order chi connectivity index (χ1) is 12.2. The molecular formula is C17H17ClN4O3. The Morgan fingerprint density at radius 3 is 2.64 bits per heavy atom. The second kappa shape index (κ2) is 7.58. The molecule has 3 aromatic rings. The Balaban J connectivity index is 2.26. The van der Waals surface area contributed by atoms with Crippen molar-refractivity contribution >= 4 is 23.2 Å². The van der Waals surface area contributed by atoms with Crippen molar-refractivity contribution in [1.29, 1.82) is 0 Å². The molecule has 0 amide bonds. The van der Waals surface area contributed by atoms with Crippen LogP contribution in [0.3, 0.4) is 0 Å². The van der Waals surface area contributed by atoms with Crippen LogP contribution < -0.4 is 0 Å². The molecule has 0 saturated heterocycles. The number of alkyl halides is 1. The summed E-state index contributed by atoms with van der Waals surface area (Å²) in [7, 11) is 1.59. The fourth-order valence-electron chi connectivity index (χ4n) is 2.61. The van der Waals surface area contributed by atoms with Gasteiger partial charge >= 0.3 is 5.97 Å². The van der Waals surface area contributed by atoms with Crippen molar-refractivity contribution in [3.63, 3.8) is 0 Å². The van der Waals surface area contributed by atoms with Gasteiger partial charge in [-0.1, -0.05) is 30.3 Å². The van der Waals surface area contributed by atoms with Gasteiger partial charge in [0.05, 0.1) is 36.0 Å². The Morgan fingerprint density at radius 1 is 1.24 bits per heavy atom. The quantitative estimate of drug-likeness (QED) is 0.497. The van der Waals surface area contributed by atoms with Gasteiger partial charge in [-0.05, 0) is 12.5 Å². The largest absolute Gasteiger partial charge is 0.461 e. The van der Waals surface area contributed by atoms with Gasteiger partial charge in [-0.2, -0.15) is 5.10 Å². The van der Waals surface area contributed by atoms with E-state index >= 15 is 0 Å². The van der Waals surface area contributed by atoms with Crippen LogP contribution in [0.15, 0.2) is 30.3 Å². The van der Waals surface area contributed by atoms with E-state index in [-0.39, 0.29) is 18.2 Å². The molecule has 0 fully saturated rings. The highest BCUT2D eigenvalue weighted by Crippen LogP contribution is 2.29. The minimum absolute atomic E-state index is 0.0441. The lowest BCUT2D eigenvalue weighted by Crippen LogP contribution is -2.15. The zero-order valence-corrected chi connectivity index (χ0v) is 14.7. The molecule has 1 aromatic carbocycles. The third kappa shape index (κ3) is 3.20. The summed E-state index contributed by atoms with van der Waals surface area (Å²) in [6.07, 6.45) is 0. The molecule has 0 radical (unpaired) electrons. The van der Waals surface area contributed by atoms with E-state index in [1.54, 1.807) is 18.5 Å². The van der Waals surface area contributed by atoms with Crippen LogP contribution in [0.25, 0.3) is 16.8 Å². The van der Waals surface area contributed by atoms with Gasteiger partial charge in [0.2, 0.25) is 0 Å². The van der Waals surface area contributed by atoms with Crippen LogP contribution in [0.5, 0.6) is 0 Å². The lowest BCUT2D eigenvalue weighted by atomic mass is 10.1. The lowest BCUT2D eigenvalue weighted by molar-refractivity contribution is 0.0516. The van der Waals surface area contributed by atoms with Crippen molar-refractivity contribution in [3.8, 4) is 11.1 Å². The molecule has 2 aromatic heterocycles. The van der Waals surface area contributed by atoms with Crippen molar-refractivity contribution in [2.75, 3.05) is 13.7 Å². The Kier molecular flexibility index (Phi) is 5.25. The zero-order chi connectivity index (χ0) is 17.8. The predicted molar refractivity (Wildman–Crippen MR) is 92.4 cm³/mol. The topological polar surface area (TPSA) is 78.6 Å². The Labute approximate surface area is 149 Å². The highest BCUT2D eigenvalue weighted by molar-refractivity contribution is 6.17. The standard InChI is InChI=1S/C17H17ClN4O3/c1-3-25-17(23)15-13(9-18)22-16(20-19-15)14(12(21-22)10-24-2)11-7-5-4-6-8-11/h4-8H,3,9-10H2,1-2H3. The fourth-order valence-corrected chi connectivity index (χ4v) is 2.85. The first kappa shape index (κ1) is 17.3. The second-order valence-electron chi connectivity index (χ2n) is 5.21. The van der Waals surface area contributed by atoms with Crippen LogP contribution in [0.4, 0.5) is 0 Å². The number of halogens is 1. The number of carbonyl (C=O) groups excluding carboxylic acids is 1. The molecule has 0 bridgehead atoms. The van der Waals surface area contributed by atoms with Crippen molar-refractivity contribution < 1.29 is 14.3 Å². The van der Waals surface area contributed by atoms with E-state index in [4.69, 9.17) is 21.1 Å². The minimum atomic E-state index is -0.572. The van der Waals surface area contributed by atoms with Crippen molar-refractivity contribution in [3.05, 3.63) is 47.4 Å². The number of hydrogen-bond donors (Lipinski definition) is 0. The third-order valence-corrected chi connectivity index (χ3v) is 3.90. The Hall–Kier alpha value is -2.51. The summed E-state index contributed by atoms with van der Waals surface area (Å²) in [4.78, 5) is 12.1. The summed E-state index contributed by atoms with van der Waals surface area (Å²) in [6.45, 7) is 2.26. The molecule has 0 N–H and O–H groups in total. The second-order valence-corrected chi connectivity index (χ2v) is 5.47. The number of methoxy groups -OCH3 is 1. The van der Waals surface area contributed by atoms with Crippen molar-refractivity contribution in [2.24, 2.45) is 0 Å². The van der Waals surface area contributed by atoms with Gasteiger partial charge < -0.3 is 9.47 Å². The summed E-state index contributed by atoms with van der Waals surface area (Å²) in [5.74, 6) is -0.528. The SMILES string of the molecule is CCOC(=O)c1nnc2c(-c3ccccc3)c(COC)nn2c1CCl. The maximum absolute atomic E-state index is 12.1. The molecule has 0 atom stereocenters. The number of nitrogens with zero attached hydrogens (tertiary/aromatic N) is 4. The van der Waals surface area contributed by atoms with Gasteiger partial charge in [0.15, 0.2) is 11.3 Å². The minimum Gasteiger partial charge on any atom is -0.461 e. The fraction of sp³-hybridized carbons (Fsp3) is 0.294. The number of hydrogen-bond acceptors (Lipinski definition) is 6. The number of aromatic nitrogens is 4. The molecule has 8 heteroatoms. The number of carbonyl (C=O) groups is 1. The highest BCUT2D eigenvalue weighted by Gasteiger charge is 2.23. The molecule has 25 heavy (non-hydrogen) atoms. The molecular weight excluding hydrogens is 344 g/mol. The highest BCUT2D eigenvalue weighted by atomic mass is 35.5. The van der Waals surface area contributed by atoms with E-state index in [0.29, 0.717) is 23.6 Å². The summed E-state index contributed by atoms with van der Waals surface area (Å²) in [5.41, 5.74) is 3.44. The summed E-state index contributed by atoms with van der Waals surface area (Å²) in [6, 6.07) is 9.70. The van der Waals surface area contributed by atoms with Gasteiger partial charge in [0.25, 0.3) is 0 Å². The normalized spacial score (nSPS) is 11.0. The van der Waals surface area contributed by atoms with E-state index in [1.165, 1.54) is 0 Å². The van der Waals surface area contributed by atoms with Crippen LogP contribution in [-0.2, 0) is 22.0 Å². The monoisotopic (exact) mass is 360 g/mol. The van der Waals surface area contributed by atoms with Crippen LogP contribution in [-0.4, -0.2) is 39.5 Å². The third-order valence-electron chi connectivity index (χ3n) is 3.65. The molecule has 7 nitrogen and oxygen atoms in total. The molecule has 0 unspecified atom stereocenters. The average Bonchev–Trinajstić information content (AvgIpc) is 3.00. The summed E-state index contributed by atoms with van der Waals surface area (Å²) >= 11 is 6.07. The molecule has 0 spiro atoms. The van der Waals surface area contributed by atoms with E-state index in [1.807, 2.05) is 30.3 Å². The molecule has 0 aliphatic rings. The van der Waals surface area contributed by atoms with Gasteiger partial charge in [-0.3, -0.25) is 0 Å². The van der Waals surface area contributed by atoms with E-state index < -0.39 is 5.97 Å². The molecule has 0 aliphatic heterocycles. The molecule has 0 aliphatic carbocycles. The number of esters is 1. The first-order valence-electron chi connectivity index (χ1n) is 7.75. The van der Waals surface area contributed by atoms with Gasteiger partial charge in [-0.15, -0.1) is 21.8 Å². The average molecular weight is 361 g/mol. The number of rotatable bonds is 6. The summed E-state index contributed by atoms with van der Waals surface area (Å²) in [5, 5.41) is 12.8. The Bertz CT molecular complexity index is 896. The first-order valence-corrected chi connectivity index (χ1v) is 8.29. The molecule has 3 rings (SSSR count). The maximum Gasteiger partial charge on any atom is 0.360 e. The van der Waals surface area contributed by atoms with Crippen LogP contribution >= 0.6 is 11.6 Å². The molecule has 130 valence electrons. The van der Waals surface area contributed by atoms with Gasteiger partial charge in [0, 0.05) is 7.11 Å². The number of benzene rings is 1. The van der Waals surface area contributed by atoms with Gasteiger partial charge in [0.1, 0.15) is 0 Å². The van der Waals surface area contributed by atoms with Crippen LogP contribution in [0.1, 0.15) is 28.8 Å². The van der Waals surface area contributed by atoms with Crippen LogP contribution in [0.2, 0.25) is 0 Å². The number of fused-ring (bicyclic) bond motifs is 1. The molecule has 0 saturated carbocycles. The number of ether oxygens (including phenoxy) is 2. The van der Waals surface area contributed by atoms with Gasteiger partial charge in [-0.25, -0.2) is 9.31 Å². The van der Waals surface area contributed by atoms with Crippen molar-refractivity contribution in [2.45, 2.75) is 19.4 Å². The van der Waals surface area contributed by atoms with Crippen LogP contribution in [0, 0.1) is 0 Å². The maximum atomic E-state index is 12.1.